The quantitative estimate of drug-likeness (QED) is 0.860. The minimum Gasteiger partial charge on any atom is -0.317 e. The summed E-state index contributed by atoms with van der Waals surface area (Å²) in [4.78, 5) is 0. The standard InChI is InChI=1S/C14H28N2O2S/c1-2-14-6-4-3-5-11-16(14)19(17,18)12-13-7-9-15-10-8-13/h13-15H,2-12H2,1H3. The van der Waals surface area contributed by atoms with Crippen molar-refractivity contribution in [2.24, 2.45) is 5.92 Å². The highest BCUT2D eigenvalue weighted by molar-refractivity contribution is 7.89. The molecule has 0 aromatic rings. The molecule has 2 fully saturated rings. The largest absolute Gasteiger partial charge is 0.317 e. The number of rotatable bonds is 4. The van der Waals surface area contributed by atoms with E-state index in [-0.39, 0.29) is 6.04 Å². The Balaban J connectivity index is 2.02. The molecule has 2 rings (SSSR count). The SMILES string of the molecule is CCC1CCCCCN1S(=O)(=O)CC1CCNCC1. The van der Waals surface area contributed by atoms with Gasteiger partial charge in [-0.3, -0.25) is 0 Å². The van der Waals surface area contributed by atoms with Gasteiger partial charge in [-0.15, -0.1) is 0 Å². The summed E-state index contributed by atoms with van der Waals surface area (Å²) < 4.78 is 27.2. The van der Waals surface area contributed by atoms with E-state index in [9.17, 15) is 8.42 Å². The third-order valence-electron chi connectivity index (χ3n) is 4.56. The Morgan fingerprint density at radius 2 is 1.84 bits per heavy atom. The molecule has 0 radical (unpaired) electrons. The van der Waals surface area contributed by atoms with Gasteiger partial charge in [0.05, 0.1) is 5.75 Å². The molecular weight excluding hydrogens is 260 g/mol. The molecule has 0 amide bonds. The van der Waals surface area contributed by atoms with E-state index < -0.39 is 10.0 Å². The number of sulfonamides is 1. The van der Waals surface area contributed by atoms with Crippen LogP contribution in [0.3, 0.4) is 0 Å². The Morgan fingerprint density at radius 1 is 1.11 bits per heavy atom. The molecule has 2 aliphatic rings. The van der Waals surface area contributed by atoms with Crippen molar-refractivity contribution in [3.8, 4) is 0 Å². The van der Waals surface area contributed by atoms with E-state index in [0.717, 1.165) is 51.7 Å². The van der Waals surface area contributed by atoms with Gasteiger partial charge in [0, 0.05) is 12.6 Å². The van der Waals surface area contributed by atoms with Gasteiger partial charge in [0.15, 0.2) is 0 Å². The van der Waals surface area contributed by atoms with Gasteiger partial charge in [-0.05, 0) is 51.1 Å². The van der Waals surface area contributed by atoms with Crippen molar-refractivity contribution in [1.29, 1.82) is 0 Å². The summed E-state index contributed by atoms with van der Waals surface area (Å²) in [6.07, 6.45) is 7.39. The van der Waals surface area contributed by atoms with E-state index >= 15 is 0 Å². The van der Waals surface area contributed by atoms with Crippen LogP contribution in [0.2, 0.25) is 0 Å². The van der Waals surface area contributed by atoms with Crippen molar-refractivity contribution < 1.29 is 8.42 Å². The molecule has 0 aromatic carbocycles. The molecule has 0 aromatic heterocycles. The van der Waals surface area contributed by atoms with Gasteiger partial charge in [-0.1, -0.05) is 19.8 Å². The topological polar surface area (TPSA) is 49.4 Å². The summed E-state index contributed by atoms with van der Waals surface area (Å²) in [6.45, 7) is 4.80. The van der Waals surface area contributed by atoms with Crippen LogP contribution in [-0.4, -0.2) is 44.2 Å². The number of hydrogen-bond donors (Lipinski definition) is 1. The van der Waals surface area contributed by atoms with Crippen molar-refractivity contribution in [2.75, 3.05) is 25.4 Å². The zero-order chi connectivity index (χ0) is 13.7. The number of nitrogens with zero attached hydrogens (tertiary/aromatic N) is 1. The average molecular weight is 288 g/mol. The van der Waals surface area contributed by atoms with Crippen molar-refractivity contribution in [2.45, 2.75) is 57.9 Å². The van der Waals surface area contributed by atoms with Crippen LogP contribution in [0.25, 0.3) is 0 Å². The van der Waals surface area contributed by atoms with E-state index in [0.29, 0.717) is 11.7 Å². The van der Waals surface area contributed by atoms with Gasteiger partial charge >= 0.3 is 0 Å². The lowest BCUT2D eigenvalue weighted by atomic mass is 10.0. The Kier molecular flexibility index (Phi) is 5.66. The fourth-order valence-electron chi connectivity index (χ4n) is 3.37. The van der Waals surface area contributed by atoms with E-state index in [2.05, 4.69) is 12.2 Å². The van der Waals surface area contributed by atoms with Gasteiger partial charge in [0.1, 0.15) is 0 Å². The molecule has 1 N–H and O–H groups in total. The lowest BCUT2D eigenvalue weighted by Gasteiger charge is -2.31. The molecule has 112 valence electrons. The predicted octanol–water partition coefficient (Wildman–Crippen LogP) is 1.97. The minimum atomic E-state index is -3.06. The Hall–Kier alpha value is -0.130. The highest BCUT2D eigenvalue weighted by atomic mass is 32.2. The smallest absolute Gasteiger partial charge is 0.214 e. The van der Waals surface area contributed by atoms with Crippen LogP contribution in [0.1, 0.15) is 51.9 Å². The lowest BCUT2D eigenvalue weighted by molar-refractivity contribution is 0.308. The molecule has 2 aliphatic heterocycles. The average Bonchev–Trinajstić information content (AvgIpc) is 2.64. The normalized spacial score (nSPS) is 28.2. The molecule has 2 heterocycles. The first-order valence-corrected chi connectivity index (χ1v) is 9.44. The van der Waals surface area contributed by atoms with Crippen LogP contribution in [-0.2, 0) is 10.0 Å². The van der Waals surface area contributed by atoms with Gasteiger partial charge in [-0.2, -0.15) is 4.31 Å². The lowest BCUT2D eigenvalue weighted by Crippen LogP contribution is -2.43. The van der Waals surface area contributed by atoms with Crippen molar-refractivity contribution in [3.63, 3.8) is 0 Å². The Labute approximate surface area is 118 Å². The van der Waals surface area contributed by atoms with Gasteiger partial charge in [0.2, 0.25) is 10.0 Å². The molecule has 0 aliphatic carbocycles. The minimum absolute atomic E-state index is 0.245. The maximum absolute atomic E-state index is 12.7. The molecule has 4 nitrogen and oxygen atoms in total. The Bertz CT molecular complexity index is 364. The third kappa shape index (κ3) is 4.17. The predicted molar refractivity (Wildman–Crippen MR) is 78.6 cm³/mol. The summed E-state index contributed by atoms with van der Waals surface area (Å²) >= 11 is 0. The van der Waals surface area contributed by atoms with Crippen molar-refractivity contribution >= 4 is 10.0 Å². The second kappa shape index (κ2) is 7.04. The summed E-state index contributed by atoms with van der Waals surface area (Å²) in [7, 11) is -3.06. The monoisotopic (exact) mass is 288 g/mol. The highest BCUT2D eigenvalue weighted by Crippen LogP contribution is 2.25. The van der Waals surface area contributed by atoms with Crippen LogP contribution in [0.15, 0.2) is 0 Å². The summed E-state index contributed by atoms with van der Waals surface area (Å²) in [6, 6.07) is 0.245. The zero-order valence-corrected chi connectivity index (χ0v) is 12.9. The van der Waals surface area contributed by atoms with Crippen molar-refractivity contribution in [3.05, 3.63) is 0 Å². The molecule has 1 atom stereocenters. The molecular formula is C14H28N2O2S. The second-order valence-corrected chi connectivity index (χ2v) is 7.96. The van der Waals surface area contributed by atoms with E-state index in [1.54, 1.807) is 0 Å². The van der Waals surface area contributed by atoms with E-state index in [1.807, 2.05) is 4.31 Å². The van der Waals surface area contributed by atoms with Crippen molar-refractivity contribution in [1.82, 2.24) is 9.62 Å². The maximum atomic E-state index is 12.7. The molecule has 2 saturated heterocycles. The van der Waals surface area contributed by atoms with Gasteiger partial charge < -0.3 is 5.32 Å². The molecule has 0 bridgehead atoms. The first-order valence-electron chi connectivity index (χ1n) is 7.83. The summed E-state index contributed by atoms with van der Waals surface area (Å²) in [5.41, 5.74) is 0. The van der Waals surface area contributed by atoms with Crippen LogP contribution in [0, 0.1) is 5.92 Å². The summed E-state index contributed by atoms with van der Waals surface area (Å²) in [5.74, 6) is 0.720. The first-order chi connectivity index (χ1) is 9.13. The highest BCUT2D eigenvalue weighted by Gasteiger charge is 2.32. The molecule has 5 heteroatoms. The molecule has 1 unspecified atom stereocenters. The Morgan fingerprint density at radius 3 is 2.53 bits per heavy atom. The van der Waals surface area contributed by atoms with E-state index in [1.165, 1.54) is 12.8 Å². The van der Waals surface area contributed by atoms with Crippen LogP contribution in [0.4, 0.5) is 0 Å². The van der Waals surface area contributed by atoms with Gasteiger partial charge in [-0.25, -0.2) is 8.42 Å². The van der Waals surface area contributed by atoms with E-state index in [4.69, 9.17) is 0 Å². The number of nitrogens with one attached hydrogen (secondary N) is 1. The zero-order valence-electron chi connectivity index (χ0n) is 12.1. The van der Waals surface area contributed by atoms with Gasteiger partial charge in [0.25, 0.3) is 0 Å². The number of piperidine rings is 1. The first kappa shape index (κ1) is 15.3. The van der Waals surface area contributed by atoms with Crippen LogP contribution in [0.5, 0.6) is 0 Å². The fourth-order valence-corrected chi connectivity index (χ4v) is 5.60. The summed E-state index contributed by atoms with van der Waals surface area (Å²) in [5, 5.41) is 3.30. The van der Waals surface area contributed by atoms with Crippen LogP contribution >= 0.6 is 0 Å². The fraction of sp³-hybridized carbons (Fsp3) is 1.00. The third-order valence-corrected chi connectivity index (χ3v) is 6.64. The molecule has 0 saturated carbocycles. The number of hydrogen-bond acceptors (Lipinski definition) is 3. The molecule has 19 heavy (non-hydrogen) atoms. The maximum Gasteiger partial charge on any atom is 0.214 e. The molecule has 0 spiro atoms. The van der Waals surface area contributed by atoms with Crippen LogP contribution < -0.4 is 5.32 Å². The second-order valence-electron chi connectivity index (χ2n) is 5.99.